The molecule has 0 saturated carbocycles. The van der Waals surface area contributed by atoms with Gasteiger partial charge in [-0.2, -0.15) is 13.2 Å². The van der Waals surface area contributed by atoms with Gasteiger partial charge in [0.1, 0.15) is 13.2 Å². The van der Waals surface area contributed by atoms with E-state index < -0.39 is 24.7 Å². The number of aromatic carboxylic acids is 1. The fourth-order valence-corrected chi connectivity index (χ4v) is 1.92. The number of nitrogens with one attached hydrogen (secondary N) is 1. The van der Waals surface area contributed by atoms with Crippen LogP contribution in [0.25, 0.3) is 0 Å². The molecule has 2 N–H and O–H groups in total. The van der Waals surface area contributed by atoms with Gasteiger partial charge in [0.15, 0.2) is 5.69 Å². The van der Waals surface area contributed by atoms with Crippen molar-refractivity contribution in [3.63, 3.8) is 0 Å². The fraction of sp³-hybridized carbons (Fsp3) is 0.333. The van der Waals surface area contributed by atoms with E-state index in [0.29, 0.717) is 5.56 Å². The van der Waals surface area contributed by atoms with Crippen LogP contribution in [0.4, 0.5) is 13.2 Å². The second-order valence-electron chi connectivity index (χ2n) is 5.31. The van der Waals surface area contributed by atoms with Crippen molar-refractivity contribution in [2.45, 2.75) is 25.9 Å². The van der Waals surface area contributed by atoms with E-state index in [0.717, 1.165) is 16.4 Å². The van der Waals surface area contributed by atoms with Gasteiger partial charge in [0.2, 0.25) is 5.91 Å². The van der Waals surface area contributed by atoms with Crippen LogP contribution in [-0.4, -0.2) is 44.8 Å². The first kappa shape index (κ1) is 19.4. The fourth-order valence-electron chi connectivity index (χ4n) is 1.92. The molecule has 2 rings (SSSR count). The van der Waals surface area contributed by atoms with Gasteiger partial charge < -0.3 is 15.2 Å². The quantitative estimate of drug-likeness (QED) is 0.725. The van der Waals surface area contributed by atoms with Gasteiger partial charge in [-0.1, -0.05) is 29.5 Å². The lowest BCUT2D eigenvalue weighted by atomic mass is 10.1. The molecule has 1 heterocycles. The number of aromatic nitrogens is 3. The standard InChI is InChI=1S/C15H15F3N4O4/c16-15(17,18)9-26-8-11-3-1-10(2-4-11)5-19-13(23)7-22-6-12(14(24)25)20-21-22/h1-4,6H,5,7-9H2,(H,19,23)(H,24,25). The van der Waals surface area contributed by atoms with Crippen LogP contribution in [0.3, 0.4) is 0 Å². The van der Waals surface area contributed by atoms with Crippen molar-refractivity contribution in [1.29, 1.82) is 0 Å². The number of benzene rings is 1. The molecule has 1 aromatic heterocycles. The summed E-state index contributed by atoms with van der Waals surface area (Å²) in [5, 5.41) is 18.2. The van der Waals surface area contributed by atoms with Crippen LogP contribution in [0.5, 0.6) is 0 Å². The van der Waals surface area contributed by atoms with Crippen molar-refractivity contribution >= 4 is 11.9 Å². The Labute approximate surface area is 145 Å². The molecule has 0 aliphatic rings. The lowest BCUT2D eigenvalue weighted by Gasteiger charge is -2.09. The molecule has 0 spiro atoms. The lowest BCUT2D eigenvalue weighted by Crippen LogP contribution is -2.27. The van der Waals surface area contributed by atoms with E-state index in [9.17, 15) is 22.8 Å². The largest absolute Gasteiger partial charge is 0.476 e. The predicted molar refractivity (Wildman–Crippen MR) is 81.0 cm³/mol. The molecule has 26 heavy (non-hydrogen) atoms. The number of carbonyl (C=O) groups is 2. The van der Waals surface area contributed by atoms with Crippen LogP contribution in [0.15, 0.2) is 30.5 Å². The Balaban J connectivity index is 1.76. The van der Waals surface area contributed by atoms with Gasteiger partial charge in [-0.3, -0.25) is 4.79 Å². The Morgan fingerprint density at radius 3 is 2.42 bits per heavy atom. The summed E-state index contributed by atoms with van der Waals surface area (Å²) in [4.78, 5) is 22.5. The second-order valence-corrected chi connectivity index (χ2v) is 5.31. The van der Waals surface area contributed by atoms with E-state index >= 15 is 0 Å². The van der Waals surface area contributed by atoms with Crippen molar-refractivity contribution in [3.8, 4) is 0 Å². The van der Waals surface area contributed by atoms with Crippen LogP contribution < -0.4 is 5.32 Å². The average Bonchev–Trinajstić information content (AvgIpc) is 3.02. The van der Waals surface area contributed by atoms with E-state index in [4.69, 9.17) is 5.11 Å². The number of hydrogen-bond donors (Lipinski definition) is 2. The van der Waals surface area contributed by atoms with E-state index in [-0.39, 0.29) is 25.4 Å². The first-order chi connectivity index (χ1) is 12.2. The van der Waals surface area contributed by atoms with E-state index in [1.807, 2.05) is 0 Å². The molecule has 1 amide bonds. The number of nitrogens with zero attached hydrogens (tertiary/aromatic N) is 3. The highest BCUT2D eigenvalue weighted by atomic mass is 19.4. The number of carbonyl (C=O) groups excluding carboxylic acids is 1. The Kier molecular flexibility index (Phi) is 6.28. The topological polar surface area (TPSA) is 106 Å². The van der Waals surface area contributed by atoms with Crippen molar-refractivity contribution < 1.29 is 32.6 Å². The smallest absolute Gasteiger partial charge is 0.411 e. The molecular weight excluding hydrogens is 357 g/mol. The molecule has 0 bridgehead atoms. The highest BCUT2D eigenvalue weighted by Crippen LogP contribution is 2.15. The zero-order chi connectivity index (χ0) is 19.2. The molecule has 11 heteroatoms. The summed E-state index contributed by atoms with van der Waals surface area (Å²) >= 11 is 0. The third-order valence-electron chi connectivity index (χ3n) is 3.11. The highest BCUT2D eigenvalue weighted by Gasteiger charge is 2.27. The third-order valence-corrected chi connectivity index (χ3v) is 3.11. The molecule has 2 aromatic rings. The Bertz CT molecular complexity index is 759. The summed E-state index contributed by atoms with van der Waals surface area (Å²) in [6.45, 7) is -1.46. The molecule has 0 atom stereocenters. The molecule has 140 valence electrons. The molecule has 1 aromatic carbocycles. The zero-order valence-electron chi connectivity index (χ0n) is 13.4. The highest BCUT2D eigenvalue weighted by molar-refractivity contribution is 5.84. The van der Waals surface area contributed by atoms with Gasteiger partial charge in [0.25, 0.3) is 0 Å². The summed E-state index contributed by atoms with van der Waals surface area (Å²) < 4.78 is 41.6. The average molecular weight is 372 g/mol. The van der Waals surface area contributed by atoms with Crippen molar-refractivity contribution in [1.82, 2.24) is 20.3 Å². The summed E-state index contributed by atoms with van der Waals surface area (Å²) in [5.74, 6) is -1.64. The van der Waals surface area contributed by atoms with Crippen LogP contribution in [0, 0.1) is 0 Å². The number of ether oxygens (including phenoxy) is 1. The number of carboxylic acid groups (broad SMARTS) is 1. The first-order valence-corrected chi connectivity index (χ1v) is 7.35. The van der Waals surface area contributed by atoms with Gasteiger partial charge in [-0.05, 0) is 11.1 Å². The summed E-state index contributed by atoms with van der Waals surface area (Å²) in [5.41, 5.74) is 1.05. The molecule has 0 radical (unpaired) electrons. The Hall–Kier alpha value is -2.95. The predicted octanol–water partition coefficient (Wildman–Crippen LogP) is 1.37. The van der Waals surface area contributed by atoms with E-state index in [2.05, 4.69) is 20.4 Å². The number of rotatable bonds is 8. The molecule has 0 unspecified atom stereocenters. The number of hydrogen-bond acceptors (Lipinski definition) is 5. The maximum atomic E-state index is 12.0. The molecular formula is C15H15F3N4O4. The maximum absolute atomic E-state index is 12.0. The molecule has 0 aliphatic heterocycles. The van der Waals surface area contributed by atoms with Gasteiger partial charge in [0, 0.05) is 6.54 Å². The monoisotopic (exact) mass is 372 g/mol. The van der Waals surface area contributed by atoms with Crippen LogP contribution in [-0.2, 0) is 29.2 Å². The molecule has 8 nitrogen and oxygen atoms in total. The maximum Gasteiger partial charge on any atom is 0.411 e. The third kappa shape index (κ3) is 6.51. The SMILES string of the molecule is O=C(Cn1cc(C(=O)O)nn1)NCc1ccc(COCC(F)(F)F)cc1. The van der Waals surface area contributed by atoms with Gasteiger partial charge >= 0.3 is 12.1 Å². The minimum Gasteiger partial charge on any atom is -0.476 e. The van der Waals surface area contributed by atoms with E-state index in [1.165, 1.54) is 0 Å². The Morgan fingerprint density at radius 2 is 1.85 bits per heavy atom. The van der Waals surface area contributed by atoms with Crippen LogP contribution in [0.1, 0.15) is 21.6 Å². The molecule has 0 aliphatic carbocycles. The number of carboxylic acids is 1. The van der Waals surface area contributed by atoms with Gasteiger partial charge in [-0.15, -0.1) is 5.10 Å². The van der Waals surface area contributed by atoms with Crippen molar-refractivity contribution in [2.24, 2.45) is 0 Å². The minimum atomic E-state index is -4.36. The van der Waals surface area contributed by atoms with Gasteiger partial charge in [-0.25, -0.2) is 9.48 Å². The zero-order valence-corrected chi connectivity index (χ0v) is 13.4. The summed E-state index contributed by atoms with van der Waals surface area (Å²) in [6.07, 6.45) is -3.22. The first-order valence-electron chi connectivity index (χ1n) is 7.35. The molecule has 0 saturated heterocycles. The van der Waals surface area contributed by atoms with Gasteiger partial charge in [0.05, 0.1) is 12.8 Å². The number of alkyl halides is 3. The Morgan fingerprint density at radius 1 is 1.19 bits per heavy atom. The van der Waals surface area contributed by atoms with Crippen molar-refractivity contribution in [2.75, 3.05) is 6.61 Å². The number of halogens is 3. The summed E-state index contributed by atoms with van der Waals surface area (Å²) in [6, 6.07) is 6.53. The van der Waals surface area contributed by atoms with Crippen LogP contribution >= 0.6 is 0 Å². The number of amides is 1. The summed E-state index contributed by atoms with van der Waals surface area (Å²) in [7, 11) is 0. The molecule has 0 fully saturated rings. The lowest BCUT2D eigenvalue weighted by molar-refractivity contribution is -0.176. The van der Waals surface area contributed by atoms with Crippen LogP contribution in [0.2, 0.25) is 0 Å². The van der Waals surface area contributed by atoms with Crippen molar-refractivity contribution in [3.05, 3.63) is 47.3 Å². The normalized spacial score (nSPS) is 11.3. The second kappa shape index (κ2) is 8.43. The van der Waals surface area contributed by atoms with E-state index in [1.54, 1.807) is 24.3 Å². The minimum absolute atomic E-state index is 0.162.